The fourth-order valence-corrected chi connectivity index (χ4v) is 1.92. The molecule has 2 nitrogen and oxygen atoms in total. The zero-order valence-corrected chi connectivity index (χ0v) is 9.38. The molecule has 0 bridgehead atoms. The van der Waals surface area contributed by atoms with Crippen molar-refractivity contribution in [1.29, 1.82) is 0 Å². The number of rotatable bonds is 2. The van der Waals surface area contributed by atoms with Crippen LogP contribution in [0.4, 0.5) is 0 Å². The van der Waals surface area contributed by atoms with Crippen molar-refractivity contribution >= 4 is 15.9 Å². The second-order valence-corrected chi connectivity index (χ2v) is 4.15. The van der Waals surface area contributed by atoms with Crippen molar-refractivity contribution in [2.24, 2.45) is 5.73 Å². The maximum absolute atomic E-state index is 9.32. The van der Waals surface area contributed by atoms with Crippen molar-refractivity contribution in [3.05, 3.63) is 33.8 Å². The van der Waals surface area contributed by atoms with Crippen molar-refractivity contribution < 1.29 is 5.11 Å². The van der Waals surface area contributed by atoms with E-state index in [1.54, 1.807) is 6.92 Å². The van der Waals surface area contributed by atoms with Crippen LogP contribution in [0.3, 0.4) is 0 Å². The smallest absolute Gasteiger partial charge is 0.0705 e. The normalized spacial score (nSPS) is 15.5. The van der Waals surface area contributed by atoms with Gasteiger partial charge >= 0.3 is 0 Å². The van der Waals surface area contributed by atoms with Gasteiger partial charge in [0.2, 0.25) is 0 Å². The first-order valence-corrected chi connectivity index (χ1v) is 5.01. The maximum atomic E-state index is 9.32. The Kier molecular flexibility index (Phi) is 3.47. The minimum absolute atomic E-state index is 0.324. The van der Waals surface area contributed by atoms with Gasteiger partial charge in [-0.25, -0.2) is 0 Å². The van der Waals surface area contributed by atoms with E-state index in [1.165, 1.54) is 5.56 Å². The zero-order chi connectivity index (χ0) is 10.0. The molecular formula is C10H14BrNO. The van der Waals surface area contributed by atoms with Crippen molar-refractivity contribution in [3.8, 4) is 0 Å². The van der Waals surface area contributed by atoms with E-state index < -0.39 is 6.10 Å². The fourth-order valence-electron chi connectivity index (χ4n) is 1.16. The fraction of sp³-hybridized carbons (Fsp3) is 0.400. The van der Waals surface area contributed by atoms with E-state index in [4.69, 9.17) is 5.73 Å². The molecule has 0 spiro atoms. The largest absolute Gasteiger partial charge is 0.391 e. The van der Waals surface area contributed by atoms with Crippen LogP contribution in [0.5, 0.6) is 0 Å². The average Bonchev–Trinajstić information content (AvgIpc) is 2.03. The first kappa shape index (κ1) is 10.7. The van der Waals surface area contributed by atoms with Crippen LogP contribution in [0.2, 0.25) is 0 Å². The monoisotopic (exact) mass is 243 g/mol. The second kappa shape index (κ2) is 4.22. The lowest BCUT2D eigenvalue weighted by atomic mass is 10.0. The molecule has 72 valence electrons. The standard InChI is InChI=1S/C10H14BrNO/c1-6-3-4-8(9(11)5-6)10(12)7(2)13/h3-5,7,10,13H,12H2,1-2H3/t7-,10-/m1/s1. The summed E-state index contributed by atoms with van der Waals surface area (Å²) in [4.78, 5) is 0. The van der Waals surface area contributed by atoms with Gasteiger partial charge in [0.05, 0.1) is 12.1 Å². The Balaban J connectivity index is 3.01. The Hall–Kier alpha value is -0.380. The lowest BCUT2D eigenvalue weighted by Crippen LogP contribution is -2.23. The topological polar surface area (TPSA) is 46.2 Å². The van der Waals surface area contributed by atoms with Crippen LogP contribution in [0, 0.1) is 6.92 Å². The number of hydrogen-bond donors (Lipinski definition) is 2. The van der Waals surface area contributed by atoms with Gasteiger partial charge in [-0.3, -0.25) is 0 Å². The van der Waals surface area contributed by atoms with Crippen LogP contribution in [-0.2, 0) is 0 Å². The number of nitrogens with two attached hydrogens (primary N) is 1. The average molecular weight is 244 g/mol. The molecule has 0 unspecified atom stereocenters. The van der Waals surface area contributed by atoms with Crippen LogP contribution < -0.4 is 5.73 Å². The molecule has 3 N–H and O–H groups in total. The van der Waals surface area contributed by atoms with Gasteiger partial charge < -0.3 is 10.8 Å². The van der Waals surface area contributed by atoms with Gasteiger partial charge in [0.1, 0.15) is 0 Å². The molecule has 1 rings (SSSR count). The summed E-state index contributed by atoms with van der Waals surface area (Å²) >= 11 is 3.42. The zero-order valence-electron chi connectivity index (χ0n) is 7.79. The summed E-state index contributed by atoms with van der Waals surface area (Å²) in [6, 6.07) is 5.60. The number of hydrogen-bond acceptors (Lipinski definition) is 2. The van der Waals surface area contributed by atoms with E-state index in [0.717, 1.165) is 10.0 Å². The van der Waals surface area contributed by atoms with Crippen LogP contribution in [0.25, 0.3) is 0 Å². The molecule has 13 heavy (non-hydrogen) atoms. The van der Waals surface area contributed by atoms with Gasteiger partial charge in [0.15, 0.2) is 0 Å². The van der Waals surface area contributed by atoms with Gasteiger partial charge in [-0.15, -0.1) is 0 Å². The van der Waals surface area contributed by atoms with E-state index in [2.05, 4.69) is 15.9 Å². The summed E-state index contributed by atoms with van der Waals surface area (Å²) in [6.45, 7) is 3.71. The third-order valence-electron chi connectivity index (χ3n) is 2.03. The SMILES string of the molecule is Cc1ccc([C@H](N)[C@@H](C)O)c(Br)c1. The maximum Gasteiger partial charge on any atom is 0.0705 e. The lowest BCUT2D eigenvalue weighted by Gasteiger charge is -2.16. The van der Waals surface area contributed by atoms with Crippen molar-refractivity contribution in [1.82, 2.24) is 0 Å². The van der Waals surface area contributed by atoms with Crippen molar-refractivity contribution in [3.63, 3.8) is 0 Å². The molecule has 1 aromatic carbocycles. The molecule has 0 aromatic heterocycles. The highest BCUT2D eigenvalue weighted by atomic mass is 79.9. The van der Waals surface area contributed by atoms with Crippen LogP contribution in [-0.4, -0.2) is 11.2 Å². The summed E-state index contributed by atoms with van der Waals surface area (Å²) < 4.78 is 0.959. The third kappa shape index (κ3) is 2.53. The number of aryl methyl sites for hydroxylation is 1. The molecule has 3 heteroatoms. The molecule has 0 saturated heterocycles. The number of aliphatic hydroxyl groups excluding tert-OH is 1. The quantitative estimate of drug-likeness (QED) is 0.837. The first-order chi connectivity index (χ1) is 6.02. The predicted octanol–water partition coefficient (Wildman–Crippen LogP) is 2.14. The molecule has 0 aliphatic heterocycles. The third-order valence-corrected chi connectivity index (χ3v) is 2.72. The van der Waals surface area contributed by atoms with E-state index in [1.807, 2.05) is 25.1 Å². The molecule has 1 aromatic rings. The first-order valence-electron chi connectivity index (χ1n) is 4.22. The van der Waals surface area contributed by atoms with Crippen LogP contribution in [0.15, 0.2) is 22.7 Å². The molecule has 0 aliphatic rings. The van der Waals surface area contributed by atoms with E-state index in [0.29, 0.717) is 0 Å². The van der Waals surface area contributed by atoms with Crippen LogP contribution >= 0.6 is 15.9 Å². The van der Waals surface area contributed by atoms with Gasteiger partial charge in [-0.05, 0) is 31.0 Å². The highest BCUT2D eigenvalue weighted by Gasteiger charge is 2.14. The minimum atomic E-state index is -0.529. The van der Waals surface area contributed by atoms with Gasteiger partial charge in [-0.2, -0.15) is 0 Å². The Morgan fingerprint density at radius 1 is 1.46 bits per heavy atom. The Morgan fingerprint density at radius 3 is 2.54 bits per heavy atom. The van der Waals surface area contributed by atoms with E-state index in [-0.39, 0.29) is 6.04 Å². The Morgan fingerprint density at radius 2 is 2.08 bits per heavy atom. The van der Waals surface area contributed by atoms with Gasteiger partial charge in [0.25, 0.3) is 0 Å². The number of halogens is 1. The summed E-state index contributed by atoms with van der Waals surface area (Å²) in [5.41, 5.74) is 7.93. The molecule has 0 amide bonds. The summed E-state index contributed by atoms with van der Waals surface area (Å²) in [5.74, 6) is 0. The molecule has 2 atom stereocenters. The number of benzene rings is 1. The number of aliphatic hydroxyl groups is 1. The van der Waals surface area contributed by atoms with Crippen molar-refractivity contribution in [2.45, 2.75) is 26.0 Å². The molecular weight excluding hydrogens is 230 g/mol. The van der Waals surface area contributed by atoms with Gasteiger partial charge in [-0.1, -0.05) is 28.1 Å². The molecule has 0 saturated carbocycles. The second-order valence-electron chi connectivity index (χ2n) is 3.29. The predicted molar refractivity (Wildman–Crippen MR) is 57.5 cm³/mol. The summed E-state index contributed by atoms with van der Waals surface area (Å²) in [7, 11) is 0. The van der Waals surface area contributed by atoms with Crippen LogP contribution in [0.1, 0.15) is 24.1 Å². The highest BCUT2D eigenvalue weighted by molar-refractivity contribution is 9.10. The van der Waals surface area contributed by atoms with Crippen molar-refractivity contribution in [2.75, 3.05) is 0 Å². The minimum Gasteiger partial charge on any atom is -0.391 e. The summed E-state index contributed by atoms with van der Waals surface area (Å²) in [5, 5.41) is 9.32. The highest BCUT2D eigenvalue weighted by Crippen LogP contribution is 2.24. The molecule has 0 heterocycles. The lowest BCUT2D eigenvalue weighted by molar-refractivity contribution is 0.164. The van der Waals surface area contributed by atoms with E-state index >= 15 is 0 Å². The molecule has 0 fully saturated rings. The summed E-state index contributed by atoms with van der Waals surface area (Å²) in [6.07, 6.45) is -0.529. The van der Waals surface area contributed by atoms with Gasteiger partial charge in [0, 0.05) is 4.47 Å². The van der Waals surface area contributed by atoms with E-state index in [9.17, 15) is 5.11 Å². The molecule has 0 radical (unpaired) electrons. The Labute approximate surface area is 86.9 Å². The molecule has 0 aliphatic carbocycles. The Bertz CT molecular complexity index is 299.